The maximum atomic E-state index is 7.32. The lowest BCUT2D eigenvalue weighted by Crippen LogP contribution is -2.24. The van der Waals surface area contributed by atoms with Crippen molar-refractivity contribution in [2.24, 2.45) is 11.8 Å². The summed E-state index contributed by atoms with van der Waals surface area (Å²) in [5.41, 5.74) is 0. The second-order valence-corrected chi connectivity index (χ2v) is 6.03. The van der Waals surface area contributed by atoms with E-state index in [4.69, 9.17) is 14.7 Å². The predicted octanol–water partition coefficient (Wildman–Crippen LogP) is 3.90. The first kappa shape index (κ1) is 17.4. The summed E-state index contributed by atoms with van der Waals surface area (Å²) in [6.45, 7) is 6.32. The number of nitriles is 1. The third-order valence-electron chi connectivity index (χ3n) is 4.42. The van der Waals surface area contributed by atoms with E-state index < -0.39 is 0 Å². The van der Waals surface area contributed by atoms with Crippen LogP contribution in [0.25, 0.3) is 0 Å². The zero-order valence-corrected chi connectivity index (χ0v) is 13.8. The molecule has 2 aliphatic rings. The third-order valence-corrected chi connectivity index (χ3v) is 4.42. The second kappa shape index (κ2) is 9.22. The van der Waals surface area contributed by atoms with E-state index >= 15 is 0 Å². The summed E-state index contributed by atoms with van der Waals surface area (Å²) >= 11 is 0. The highest BCUT2D eigenvalue weighted by molar-refractivity contribution is 5.39. The zero-order chi connectivity index (χ0) is 16.5. The van der Waals surface area contributed by atoms with Crippen LogP contribution in [0.4, 0.5) is 0 Å². The molecule has 3 rings (SSSR count). The molecule has 1 aromatic carbocycles. The van der Waals surface area contributed by atoms with Crippen molar-refractivity contribution in [3.63, 3.8) is 0 Å². The molecule has 1 aromatic rings. The predicted molar refractivity (Wildman–Crippen MR) is 91.3 cm³/mol. The Morgan fingerprint density at radius 2 is 2.04 bits per heavy atom. The number of nitrogens with one attached hydrogen (secondary N) is 1. The van der Waals surface area contributed by atoms with Crippen molar-refractivity contribution in [3.8, 4) is 17.6 Å². The molecular weight excluding hydrogens is 288 g/mol. The minimum atomic E-state index is 0.389. The average Bonchev–Trinajstić information content (AvgIpc) is 3.17. The van der Waals surface area contributed by atoms with E-state index in [0.29, 0.717) is 12.8 Å². The summed E-state index contributed by atoms with van der Waals surface area (Å²) in [7, 11) is 0. The first-order chi connectivity index (χ1) is 11.3. The van der Waals surface area contributed by atoms with Crippen molar-refractivity contribution >= 4 is 0 Å². The van der Waals surface area contributed by atoms with Gasteiger partial charge in [-0.2, -0.15) is 5.26 Å². The van der Waals surface area contributed by atoms with Crippen LogP contribution in [0.2, 0.25) is 0 Å². The normalized spacial score (nSPS) is 24.3. The molecule has 3 atom stereocenters. The van der Waals surface area contributed by atoms with Gasteiger partial charge in [0.2, 0.25) is 0 Å². The molecule has 0 aliphatic heterocycles. The number of nitrogens with zero attached hydrogens (tertiary/aromatic N) is 1. The first-order valence-electron chi connectivity index (χ1n) is 8.29. The number of fused-ring (bicyclic) bond motifs is 2. The molecule has 2 bridgehead atoms. The first-order valence-corrected chi connectivity index (χ1v) is 8.29. The highest BCUT2D eigenvalue weighted by Crippen LogP contribution is 2.46. The Morgan fingerprint density at radius 3 is 2.65 bits per heavy atom. The maximum Gasteiger partial charge on any atom is 0.163 e. The average molecular weight is 314 g/mol. The van der Waals surface area contributed by atoms with Crippen molar-refractivity contribution in [2.75, 3.05) is 13.3 Å². The van der Waals surface area contributed by atoms with Crippen LogP contribution < -0.4 is 14.8 Å². The number of ether oxygens (including phenoxy) is 2. The van der Waals surface area contributed by atoms with Crippen LogP contribution >= 0.6 is 0 Å². The van der Waals surface area contributed by atoms with Gasteiger partial charge in [0.15, 0.2) is 11.5 Å². The van der Waals surface area contributed by atoms with E-state index in [-0.39, 0.29) is 0 Å². The summed E-state index contributed by atoms with van der Waals surface area (Å²) < 4.78 is 12.0. The highest BCUT2D eigenvalue weighted by atomic mass is 16.5. The Bertz CT molecular complexity index is 538. The fourth-order valence-corrected chi connectivity index (χ4v) is 3.45. The van der Waals surface area contributed by atoms with Crippen molar-refractivity contribution in [3.05, 3.63) is 36.9 Å². The van der Waals surface area contributed by atoms with Crippen LogP contribution in [0.1, 0.15) is 32.6 Å². The Balaban J connectivity index is 0.000000595. The topological polar surface area (TPSA) is 54.3 Å². The lowest BCUT2D eigenvalue weighted by atomic mass is 9.98. The van der Waals surface area contributed by atoms with Crippen molar-refractivity contribution in [1.82, 2.24) is 5.32 Å². The van der Waals surface area contributed by atoms with E-state index in [1.54, 1.807) is 6.07 Å². The summed E-state index contributed by atoms with van der Waals surface area (Å²) in [5, 5.41) is 10.5. The van der Waals surface area contributed by atoms with E-state index in [9.17, 15) is 0 Å². The number of para-hydroxylation sites is 2. The maximum absolute atomic E-state index is 7.32. The molecule has 1 N–H and O–H groups in total. The lowest BCUT2D eigenvalue weighted by molar-refractivity contribution is 0.131. The van der Waals surface area contributed by atoms with Gasteiger partial charge >= 0.3 is 0 Å². The fourth-order valence-electron chi connectivity index (χ4n) is 3.45. The Kier molecular flexibility index (Phi) is 6.96. The Morgan fingerprint density at radius 1 is 1.30 bits per heavy atom. The van der Waals surface area contributed by atoms with Gasteiger partial charge < -0.3 is 9.47 Å². The molecule has 124 valence electrons. The second-order valence-electron chi connectivity index (χ2n) is 6.03. The van der Waals surface area contributed by atoms with E-state index in [2.05, 4.69) is 11.9 Å². The van der Waals surface area contributed by atoms with Gasteiger partial charge in [-0.05, 0) is 49.7 Å². The van der Waals surface area contributed by atoms with Gasteiger partial charge in [-0.3, -0.25) is 5.32 Å². The molecule has 4 nitrogen and oxygen atoms in total. The smallest absolute Gasteiger partial charge is 0.163 e. The molecule has 0 saturated heterocycles. The lowest BCUT2D eigenvalue weighted by Gasteiger charge is -2.24. The SMILES string of the molecule is C=CCNCOc1ccccc1OC1CC2CCC1C2.CC#N. The van der Waals surface area contributed by atoms with Crippen LogP contribution in [0, 0.1) is 23.2 Å². The summed E-state index contributed by atoms with van der Waals surface area (Å²) in [5.74, 6) is 3.36. The van der Waals surface area contributed by atoms with Crippen molar-refractivity contribution in [1.29, 1.82) is 5.26 Å². The quantitative estimate of drug-likeness (QED) is 0.471. The van der Waals surface area contributed by atoms with E-state index in [1.165, 1.54) is 32.6 Å². The van der Waals surface area contributed by atoms with Crippen LogP contribution in [0.5, 0.6) is 11.5 Å². The standard InChI is InChI=1S/C17H23NO2.C2H3N/c1-2-9-18-12-19-15-5-3-4-6-16(15)20-17-11-13-7-8-14(17)10-13;1-2-3/h2-6,13-14,17-18H,1,7-12H2;1H3. The molecule has 0 spiro atoms. The molecular formula is C19H26N2O2. The Hall–Kier alpha value is -1.99. The van der Waals surface area contributed by atoms with Gasteiger partial charge in [0.1, 0.15) is 12.8 Å². The van der Waals surface area contributed by atoms with Gasteiger partial charge in [0.05, 0.1) is 6.07 Å². The van der Waals surface area contributed by atoms with E-state index in [1.807, 2.05) is 30.3 Å². The summed E-state index contributed by atoms with van der Waals surface area (Å²) in [6.07, 6.45) is 7.51. The largest absolute Gasteiger partial charge is 0.486 e. The number of hydrogen-bond acceptors (Lipinski definition) is 4. The number of rotatable bonds is 7. The van der Waals surface area contributed by atoms with Gasteiger partial charge in [-0.15, -0.1) is 6.58 Å². The summed E-state index contributed by atoms with van der Waals surface area (Å²) in [6, 6.07) is 9.72. The zero-order valence-electron chi connectivity index (χ0n) is 13.8. The van der Waals surface area contributed by atoms with Crippen molar-refractivity contribution < 1.29 is 9.47 Å². The molecule has 2 aliphatic carbocycles. The van der Waals surface area contributed by atoms with Gasteiger partial charge in [-0.25, -0.2) is 0 Å². The highest BCUT2D eigenvalue weighted by Gasteiger charge is 2.41. The van der Waals surface area contributed by atoms with Crippen molar-refractivity contribution in [2.45, 2.75) is 38.7 Å². The minimum absolute atomic E-state index is 0.389. The van der Waals surface area contributed by atoms with Gasteiger partial charge in [0.25, 0.3) is 0 Å². The molecule has 0 amide bonds. The van der Waals surface area contributed by atoms with Crippen LogP contribution in [0.15, 0.2) is 36.9 Å². The molecule has 4 heteroatoms. The molecule has 3 unspecified atom stereocenters. The minimum Gasteiger partial charge on any atom is -0.486 e. The molecule has 2 saturated carbocycles. The monoisotopic (exact) mass is 314 g/mol. The number of benzene rings is 1. The fraction of sp³-hybridized carbons (Fsp3) is 0.526. The molecule has 0 radical (unpaired) electrons. The molecule has 23 heavy (non-hydrogen) atoms. The third kappa shape index (κ3) is 5.01. The van der Waals surface area contributed by atoms with Crippen LogP contribution in [0.3, 0.4) is 0 Å². The van der Waals surface area contributed by atoms with Gasteiger partial charge in [0, 0.05) is 13.5 Å². The van der Waals surface area contributed by atoms with E-state index in [0.717, 1.165) is 29.9 Å². The van der Waals surface area contributed by atoms with Crippen LogP contribution in [-0.2, 0) is 0 Å². The van der Waals surface area contributed by atoms with Gasteiger partial charge in [-0.1, -0.05) is 18.2 Å². The Labute approximate surface area is 139 Å². The molecule has 2 fully saturated rings. The number of hydrogen-bond donors (Lipinski definition) is 1. The molecule has 0 aromatic heterocycles. The summed E-state index contributed by atoms with van der Waals surface area (Å²) in [4.78, 5) is 0. The molecule has 0 heterocycles. The van der Waals surface area contributed by atoms with Crippen LogP contribution in [-0.4, -0.2) is 19.4 Å².